The highest BCUT2D eigenvalue weighted by molar-refractivity contribution is 4.73. The Morgan fingerprint density at radius 3 is 2.71 bits per heavy atom. The predicted molar refractivity (Wildman–Crippen MR) is 28.0 cm³/mol. The maximum absolute atomic E-state index is 9.49. The van der Waals surface area contributed by atoms with Crippen LogP contribution in [0.1, 0.15) is 19.3 Å². The summed E-state index contributed by atoms with van der Waals surface area (Å²) < 4.78 is 0. The van der Waals surface area contributed by atoms with Crippen molar-refractivity contribution in [2.45, 2.75) is 19.3 Å². The van der Waals surface area contributed by atoms with Crippen LogP contribution in [0.4, 0.5) is 0 Å². The summed E-state index contributed by atoms with van der Waals surface area (Å²) in [5, 5.41) is 2.77. The van der Waals surface area contributed by atoms with E-state index in [-0.39, 0.29) is 0 Å². The van der Waals surface area contributed by atoms with Crippen molar-refractivity contribution in [2.75, 3.05) is 6.54 Å². The van der Waals surface area contributed by atoms with Crippen molar-refractivity contribution in [2.24, 2.45) is 11.1 Å². The maximum Gasteiger partial charge on any atom is 0.0813 e. The Labute approximate surface area is 42.9 Å². The summed E-state index contributed by atoms with van der Waals surface area (Å²) >= 11 is 0. The van der Waals surface area contributed by atoms with E-state index in [0.717, 1.165) is 12.3 Å². The van der Waals surface area contributed by atoms with Gasteiger partial charge in [0.2, 0.25) is 0 Å². The third-order valence-electron chi connectivity index (χ3n) is 1.33. The molecule has 0 heterocycles. The molecule has 0 atom stereocenters. The number of hydrogen-bond donors (Lipinski definition) is 0. The number of nitroso groups, excluding NO2 is 1. The first-order chi connectivity index (χ1) is 3.43. The zero-order valence-corrected chi connectivity index (χ0v) is 4.26. The third kappa shape index (κ3) is 1.67. The van der Waals surface area contributed by atoms with Gasteiger partial charge in [-0.2, -0.15) is 4.91 Å². The normalized spacial score (nSPS) is 19.4. The lowest BCUT2D eigenvalue weighted by Gasteiger charge is -1.81. The third-order valence-corrected chi connectivity index (χ3v) is 1.33. The smallest absolute Gasteiger partial charge is 0.0813 e. The highest BCUT2D eigenvalue weighted by atomic mass is 16.3. The number of rotatable bonds is 3. The van der Waals surface area contributed by atoms with Crippen LogP contribution in [-0.4, -0.2) is 6.54 Å². The van der Waals surface area contributed by atoms with Gasteiger partial charge in [0, 0.05) is 0 Å². The fourth-order valence-corrected chi connectivity index (χ4v) is 0.642. The van der Waals surface area contributed by atoms with E-state index < -0.39 is 0 Å². The van der Waals surface area contributed by atoms with Gasteiger partial charge in [-0.25, -0.2) is 0 Å². The van der Waals surface area contributed by atoms with Gasteiger partial charge in [-0.3, -0.25) is 0 Å². The summed E-state index contributed by atoms with van der Waals surface area (Å²) in [6.07, 6.45) is 3.69. The van der Waals surface area contributed by atoms with Gasteiger partial charge >= 0.3 is 0 Å². The fraction of sp³-hybridized carbons (Fsp3) is 1.00. The van der Waals surface area contributed by atoms with E-state index in [1.54, 1.807) is 0 Å². The molecule has 0 saturated heterocycles. The van der Waals surface area contributed by atoms with Gasteiger partial charge in [0.05, 0.1) is 6.54 Å². The SMILES string of the molecule is O=NCCC1CC1. The molecular weight excluding hydrogens is 90.1 g/mol. The Morgan fingerprint density at radius 2 is 2.29 bits per heavy atom. The molecule has 0 aromatic rings. The maximum atomic E-state index is 9.49. The molecule has 0 radical (unpaired) electrons. The molecule has 1 aliphatic carbocycles. The van der Waals surface area contributed by atoms with Gasteiger partial charge in [0.25, 0.3) is 0 Å². The van der Waals surface area contributed by atoms with Crippen molar-refractivity contribution in [3.8, 4) is 0 Å². The second-order valence-corrected chi connectivity index (χ2v) is 2.08. The van der Waals surface area contributed by atoms with Crippen LogP contribution in [0.5, 0.6) is 0 Å². The van der Waals surface area contributed by atoms with Crippen LogP contribution in [-0.2, 0) is 0 Å². The first kappa shape index (κ1) is 4.75. The molecule has 1 saturated carbocycles. The largest absolute Gasteiger partial charge is 0.151 e. The van der Waals surface area contributed by atoms with E-state index >= 15 is 0 Å². The zero-order chi connectivity index (χ0) is 5.11. The summed E-state index contributed by atoms with van der Waals surface area (Å²) in [7, 11) is 0. The van der Waals surface area contributed by atoms with Crippen LogP contribution in [0.15, 0.2) is 5.18 Å². The molecule has 1 aliphatic rings. The lowest BCUT2D eigenvalue weighted by molar-refractivity contribution is 0.737. The van der Waals surface area contributed by atoms with Gasteiger partial charge in [-0.05, 0) is 12.3 Å². The Bertz CT molecular complexity index is 68.5. The van der Waals surface area contributed by atoms with E-state index in [0.29, 0.717) is 6.54 Å². The second-order valence-electron chi connectivity index (χ2n) is 2.08. The molecule has 0 bridgehead atoms. The Morgan fingerprint density at radius 1 is 1.57 bits per heavy atom. The highest BCUT2D eigenvalue weighted by Gasteiger charge is 2.19. The molecule has 0 spiro atoms. The van der Waals surface area contributed by atoms with Crippen molar-refractivity contribution in [3.05, 3.63) is 4.91 Å². The van der Waals surface area contributed by atoms with Crippen LogP contribution in [0.25, 0.3) is 0 Å². The average Bonchev–Trinajstić information content (AvgIpc) is 2.42. The Hall–Kier alpha value is -0.400. The van der Waals surface area contributed by atoms with Gasteiger partial charge in [0.1, 0.15) is 0 Å². The van der Waals surface area contributed by atoms with E-state index in [2.05, 4.69) is 5.18 Å². The van der Waals surface area contributed by atoms with Gasteiger partial charge in [-0.15, -0.1) is 0 Å². The minimum atomic E-state index is 0.532. The van der Waals surface area contributed by atoms with Crippen LogP contribution in [0.2, 0.25) is 0 Å². The molecule has 0 N–H and O–H groups in total. The summed E-state index contributed by atoms with van der Waals surface area (Å²) in [5.74, 6) is 0.859. The molecule has 0 unspecified atom stereocenters. The summed E-state index contributed by atoms with van der Waals surface area (Å²) in [4.78, 5) is 9.49. The van der Waals surface area contributed by atoms with Crippen molar-refractivity contribution in [1.82, 2.24) is 0 Å². The summed E-state index contributed by atoms with van der Waals surface area (Å²) in [6, 6.07) is 0. The molecule has 0 amide bonds. The van der Waals surface area contributed by atoms with E-state index in [4.69, 9.17) is 0 Å². The lowest BCUT2D eigenvalue weighted by atomic mass is 10.3. The Kier molecular flexibility index (Phi) is 1.39. The highest BCUT2D eigenvalue weighted by Crippen LogP contribution is 2.31. The summed E-state index contributed by atoms with van der Waals surface area (Å²) in [6.45, 7) is 0.532. The minimum Gasteiger partial charge on any atom is -0.151 e. The molecular formula is C5H9NO. The van der Waals surface area contributed by atoms with Gasteiger partial charge in [-0.1, -0.05) is 18.0 Å². The van der Waals surface area contributed by atoms with E-state index in [1.165, 1.54) is 12.8 Å². The van der Waals surface area contributed by atoms with Crippen LogP contribution >= 0.6 is 0 Å². The second kappa shape index (κ2) is 2.05. The quantitative estimate of drug-likeness (QED) is 0.493. The van der Waals surface area contributed by atoms with Crippen molar-refractivity contribution in [1.29, 1.82) is 0 Å². The molecule has 7 heavy (non-hydrogen) atoms. The van der Waals surface area contributed by atoms with E-state index in [9.17, 15) is 4.91 Å². The first-order valence-corrected chi connectivity index (χ1v) is 2.72. The van der Waals surface area contributed by atoms with Crippen molar-refractivity contribution in [3.63, 3.8) is 0 Å². The molecule has 1 rings (SSSR count). The number of hydrogen-bond acceptors (Lipinski definition) is 2. The molecule has 0 aromatic heterocycles. The molecule has 0 aromatic carbocycles. The molecule has 40 valence electrons. The van der Waals surface area contributed by atoms with Gasteiger partial charge in [0.15, 0.2) is 0 Å². The predicted octanol–water partition coefficient (Wildman–Crippen LogP) is 1.55. The monoisotopic (exact) mass is 99.1 g/mol. The number of nitrogens with zero attached hydrogens (tertiary/aromatic N) is 1. The molecule has 0 aliphatic heterocycles. The van der Waals surface area contributed by atoms with Crippen molar-refractivity contribution < 1.29 is 0 Å². The van der Waals surface area contributed by atoms with Crippen LogP contribution in [0.3, 0.4) is 0 Å². The lowest BCUT2D eigenvalue weighted by Crippen LogP contribution is -1.78. The van der Waals surface area contributed by atoms with E-state index in [1.807, 2.05) is 0 Å². The molecule has 1 fully saturated rings. The Balaban J connectivity index is 1.88. The standard InChI is InChI=1S/C5H9NO/c7-6-4-3-5-1-2-5/h5H,1-4H2. The average molecular weight is 99.1 g/mol. The molecule has 2 heteroatoms. The minimum absolute atomic E-state index is 0.532. The zero-order valence-electron chi connectivity index (χ0n) is 4.26. The topological polar surface area (TPSA) is 29.4 Å². The van der Waals surface area contributed by atoms with Crippen molar-refractivity contribution >= 4 is 0 Å². The molecule has 2 nitrogen and oxygen atoms in total. The van der Waals surface area contributed by atoms with Crippen LogP contribution < -0.4 is 0 Å². The van der Waals surface area contributed by atoms with Gasteiger partial charge < -0.3 is 0 Å². The van der Waals surface area contributed by atoms with Crippen LogP contribution in [0, 0.1) is 10.8 Å². The first-order valence-electron chi connectivity index (χ1n) is 2.72. The summed E-state index contributed by atoms with van der Waals surface area (Å²) in [5.41, 5.74) is 0. The fourth-order valence-electron chi connectivity index (χ4n) is 0.642.